The van der Waals surface area contributed by atoms with Crippen molar-refractivity contribution in [2.24, 2.45) is 5.92 Å². The molecule has 1 aliphatic carbocycles. The molecule has 5 nitrogen and oxygen atoms in total. The second-order valence-electron chi connectivity index (χ2n) is 5.32. The first-order chi connectivity index (χ1) is 10.3. The van der Waals surface area contributed by atoms with Gasteiger partial charge in [0, 0.05) is 11.6 Å². The minimum absolute atomic E-state index is 0.164. The maximum atomic E-state index is 5.93. The molecule has 2 heterocycles. The molecular formula is C15H20N4OS. The number of thiazole rings is 1. The highest BCUT2D eigenvalue weighted by atomic mass is 32.1. The second kappa shape index (κ2) is 6.30. The minimum Gasteiger partial charge on any atom is -0.476 e. The van der Waals surface area contributed by atoms with Crippen LogP contribution in [0.4, 0.5) is 11.5 Å². The maximum Gasteiger partial charge on any atom is 0.239 e. The molecule has 0 aliphatic heterocycles. The smallest absolute Gasteiger partial charge is 0.239 e. The first-order valence-electron chi connectivity index (χ1n) is 7.31. The Morgan fingerprint density at radius 1 is 1.48 bits per heavy atom. The fourth-order valence-corrected chi connectivity index (χ4v) is 2.82. The van der Waals surface area contributed by atoms with Crippen molar-refractivity contribution in [2.75, 3.05) is 17.7 Å². The Morgan fingerprint density at radius 3 is 3.00 bits per heavy atom. The van der Waals surface area contributed by atoms with Gasteiger partial charge in [-0.05, 0) is 37.3 Å². The predicted molar refractivity (Wildman–Crippen MR) is 85.6 cm³/mol. The van der Waals surface area contributed by atoms with Crippen molar-refractivity contribution in [2.45, 2.75) is 32.2 Å². The number of anilines is 2. The molecule has 21 heavy (non-hydrogen) atoms. The zero-order valence-corrected chi connectivity index (χ0v) is 12.9. The summed E-state index contributed by atoms with van der Waals surface area (Å²) in [7, 11) is 0. The van der Waals surface area contributed by atoms with E-state index in [4.69, 9.17) is 10.5 Å². The molecule has 1 aliphatic rings. The van der Waals surface area contributed by atoms with E-state index >= 15 is 0 Å². The molecule has 1 saturated carbocycles. The normalized spacial score (nSPS) is 15.7. The van der Waals surface area contributed by atoms with Crippen LogP contribution in [0.15, 0.2) is 23.7 Å². The van der Waals surface area contributed by atoms with Crippen LogP contribution in [-0.4, -0.2) is 16.6 Å². The summed E-state index contributed by atoms with van der Waals surface area (Å²) in [6, 6.07) is 3.89. The summed E-state index contributed by atoms with van der Waals surface area (Å²) >= 11 is 1.65. The van der Waals surface area contributed by atoms with Gasteiger partial charge >= 0.3 is 0 Å². The van der Waals surface area contributed by atoms with Gasteiger partial charge in [0.15, 0.2) is 0 Å². The fraction of sp³-hybridized carbons (Fsp3) is 0.467. The van der Waals surface area contributed by atoms with Crippen LogP contribution in [0.5, 0.6) is 5.88 Å². The van der Waals surface area contributed by atoms with E-state index in [1.54, 1.807) is 11.3 Å². The molecule has 1 atom stereocenters. The van der Waals surface area contributed by atoms with Crippen molar-refractivity contribution in [3.05, 3.63) is 28.7 Å². The van der Waals surface area contributed by atoms with Gasteiger partial charge in [0.05, 0.1) is 18.3 Å². The van der Waals surface area contributed by atoms with E-state index in [1.165, 1.54) is 12.8 Å². The molecule has 1 unspecified atom stereocenters. The zero-order valence-electron chi connectivity index (χ0n) is 12.1. The maximum absolute atomic E-state index is 5.93. The van der Waals surface area contributed by atoms with Gasteiger partial charge in [0.25, 0.3) is 0 Å². The van der Waals surface area contributed by atoms with E-state index in [-0.39, 0.29) is 6.04 Å². The van der Waals surface area contributed by atoms with Crippen LogP contribution in [0.25, 0.3) is 0 Å². The van der Waals surface area contributed by atoms with Gasteiger partial charge in [-0.25, -0.2) is 4.98 Å². The highest BCUT2D eigenvalue weighted by molar-refractivity contribution is 7.09. The molecule has 2 aromatic rings. The summed E-state index contributed by atoms with van der Waals surface area (Å²) in [5, 5.41) is 6.46. The van der Waals surface area contributed by atoms with Crippen LogP contribution in [-0.2, 0) is 0 Å². The zero-order chi connectivity index (χ0) is 14.7. The molecule has 6 heteroatoms. The van der Waals surface area contributed by atoms with Gasteiger partial charge in [0.2, 0.25) is 5.88 Å². The highest BCUT2D eigenvalue weighted by Crippen LogP contribution is 2.31. The number of hydrogen-bond acceptors (Lipinski definition) is 6. The molecule has 3 rings (SSSR count). The van der Waals surface area contributed by atoms with Gasteiger partial charge in [0.1, 0.15) is 10.8 Å². The lowest BCUT2D eigenvalue weighted by atomic mass is 10.2. The van der Waals surface area contributed by atoms with E-state index in [2.05, 4.69) is 22.2 Å². The first-order valence-corrected chi connectivity index (χ1v) is 8.19. The summed E-state index contributed by atoms with van der Waals surface area (Å²) in [5.74, 6) is 1.99. The van der Waals surface area contributed by atoms with Crippen molar-refractivity contribution in [3.8, 4) is 5.88 Å². The molecule has 3 N–H and O–H groups in total. The summed E-state index contributed by atoms with van der Waals surface area (Å²) in [6.45, 7) is 2.84. The molecule has 1 fully saturated rings. The second-order valence-corrected chi connectivity index (χ2v) is 6.25. The van der Waals surface area contributed by atoms with E-state index in [1.807, 2.05) is 23.7 Å². The number of aromatic nitrogens is 2. The molecule has 2 aromatic heterocycles. The number of nitrogens with one attached hydrogen (secondary N) is 1. The van der Waals surface area contributed by atoms with Crippen molar-refractivity contribution >= 4 is 22.8 Å². The first kappa shape index (κ1) is 14.1. The third-order valence-corrected chi connectivity index (χ3v) is 4.41. The minimum atomic E-state index is 0.164. The number of nitrogen functional groups attached to an aromatic ring is 1. The van der Waals surface area contributed by atoms with Gasteiger partial charge in [-0.15, -0.1) is 11.3 Å². The Hall–Kier alpha value is -1.82. The average molecular weight is 304 g/mol. The van der Waals surface area contributed by atoms with Crippen molar-refractivity contribution in [1.82, 2.24) is 9.97 Å². The number of nitrogens with two attached hydrogens (primary N) is 1. The molecule has 0 saturated heterocycles. The lowest BCUT2D eigenvalue weighted by Gasteiger charge is -2.16. The lowest BCUT2D eigenvalue weighted by Crippen LogP contribution is -2.12. The summed E-state index contributed by atoms with van der Waals surface area (Å²) in [4.78, 5) is 8.85. The van der Waals surface area contributed by atoms with Crippen LogP contribution in [0, 0.1) is 5.92 Å². The molecule has 0 amide bonds. The van der Waals surface area contributed by atoms with E-state index in [0.29, 0.717) is 24.1 Å². The number of pyridine rings is 1. The molecular weight excluding hydrogens is 284 g/mol. The van der Waals surface area contributed by atoms with Gasteiger partial charge in [-0.1, -0.05) is 6.92 Å². The van der Waals surface area contributed by atoms with Gasteiger partial charge in [-0.2, -0.15) is 4.98 Å². The van der Waals surface area contributed by atoms with Crippen molar-refractivity contribution < 1.29 is 4.74 Å². The Kier molecular flexibility index (Phi) is 4.24. The summed E-state index contributed by atoms with van der Waals surface area (Å²) in [6.07, 6.45) is 5.27. The molecule has 112 valence electrons. The molecule has 0 radical (unpaired) electrons. The quantitative estimate of drug-likeness (QED) is 0.819. The van der Waals surface area contributed by atoms with Gasteiger partial charge in [-0.3, -0.25) is 0 Å². The van der Waals surface area contributed by atoms with Crippen LogP contribution in [0.1, 0.15) is 37.2 Å². The number of rotatable bonds is 7. The van der Waals surface area contributed by atoms with E-state index < -0.39 is 0 Å². The third-order valence-electron chi connectivity index (χ3n) is 3.52. The number of ether oxygens (including phenoxy) is 1. The Balaban J connectivity index is 1.70. The highest BCUT2D eigenvalue weighted by Gasteiger charge is 2.22. The number of hydrogen-bond donors (Lipinski definition) is 2. The SMILES string of the molecule is CCC(Nc1ccc(N)c(OCC2CC2)n1)c1nccs1. The molecule has 0 bridgehead atoms. The topological polar surface area (TPSA) is 73.1 Å². The van der Waals surface area contributed by atoms with E-state index in [0.717, 1.165) is 17.2 Å². The summed E-state index contributed by atoms with van der Waals surface area (Å²) < 4.78 is 5.72. The molecule has 0 aromatic carbocycles. The standard InChI is InChI=1S/C15H20N4OS/c1-2-12(15-17-7-8-21-15)18-13-6-5-11(16)14(19-13)20-9-10-3-4-10/h5-8,10,12H,2-4,9,16H2,1H3,(H,18,19). The van der Waals surface area contributed by atoms with Crippen molar-refractivity contribution in [3.63, 3.8) is 0 Å². The fourth-order valence-electron chi connectivity index (χ4n) is 2.05. The van der Waals surface area contributed by atoms with Crippen LogP contribution in [0.2, 0.25) is 0 Å². The average Bonchev–Trinajstić information content (AvgIpc) is 3.17. The van der Waals surface area contributed by atoms with Crippen LogP contribution >= 0.6 is 11.3 Å². The van der Waals surface area contributed by atoms with Gasteiger partial charge < -0.3 is 15.8 Å². The van der Waals surface area contributed by atoms with Crippen molar-refractivity contribution in [1.29, 1.82) is 0 Å². The Bertz CT molecular complexity index is 583. The third kappa shape index (κ3) is 3.64. The Labute approximate surface area is 128 Å². The largest absolute Gasteiger partial charge is 0.476 e. The van der Waals surface area contributed by atoms with E-state index in [9.17, 15) is 0 Å². The van der Waals surface area contributed by atoms with Crippen LogP contribution in [0.3, 0.4) is 0 Å². The predicted octanol–water partition coefficient (Wildman–Crippen LogP) is 3.47. The Morgan fingerprint density at radius 2 is 2.33 bits per heavy atom. The lowest BCUT2D eigenvalue weighted by molar-refractivity contribution is 0.290. The molecule has 0 spiro atoms. The monoisotopic (exact) mass is 304 g/mol. The van der Waals surface area contributed by atoms with Crippen LogP contribution < -0.4 is 15.8 Å². The number of nitrogens with zero attached hydrogens (tertiary/aromatic N) is 2. The summed E-state index contributed by atoms with van der Waals surface area (Å²) in [5.41, 5.74) is 6.51.